The smallest absolute Gasteiger partial charge is 0.415 e. The summed E-state index contributed by atoms with van der Waals surface area (Å²) >= 11 is 5.18. The van der Waals surface area contributed by atoms with E-state index >= 15 is 0 Å². The van der Waals surface area contributed by atoms with Crippen LogP contribution in [0.25, 0.3) is 0 Å². The number of rotatable bonds is 5. The maximum atomic E-state index is 12.6. The number of nitrogens with zero attached hydrogens (tertiary/aromatic N) is 1. The molecule has 2 aromatic rings. The molecule has 0 saturated carbocycles. The summed E-state index contributed by atoms with van der Waals surface area (Å²) in [6.45, 7) is 2.01. The summed E-state index contributed by atoms with van der Waals surface area (Å²) in [7, 11) is 1.50. The highest BCUT2D eigenvalue weighted by atomic mass is 32.1. The Hall–Kier alpha value is -2.40. The van der Waals surface area contributed by atoms with Gasteiger partial charge in [-0.2, -0.15) is 0 Å². The van der Waals surface area contributed by atoms with Crippen molar-refractivity contribution in [2.75, 3.05) is 12.0 Å². The number of hydrogen-bond donors (Lipinski definition) is 0. The summed E-state index contributed by atoms with van der Waals surface area (Å²) in [6, 6.07) is 18.4. The molecule has 120 valence electrons. The van der Waals surface area contributed by atoms with Gasteiger partial charge in [0.2, 0.25) is 0 Å². The van der Waals surface area contributed by atoms with Gasteiger partial charge in [0.05, 0.1) is 7.11 Å². The molecule has 0 N–H and O–H groups in total. The Morgan fingerprint density at radius 2 is 1.65 bits per heavy atom. The van der Waals surface area contributed by atoms with E-state index in [9.17, 15) is 4.79 Å². The second-order valence-electron chi connectivity index (χ2n) is 4.94. The number of para-hydroxylation sites is 1. The molecule has 0 fully saturated rings. The Kier molecular flexibility index (Phi) is 6.11. The molecule has 4 nitrogen and oxygen atoms in total. The van der Waals surface area contributed by atoms with Gasteiger partial charge in [-0.15, -0.1) is 0 Å². The molecule has 0 aliphatic carbocycles. The van der Waals surface area contributed by atoms with E-state index in [1.165, 1.54) is 12.0 Å². The van der Waals surface area contributed by atoms with Crippen LogP contribution in [0, 0.1) is 0 Å². The molecule has 0 saturated heterocycles. The Morgan fingerprint density at radius 1 is 1.09 bits per heavy atom. The first-order chi connectivity index (χ1) is 11.1. The van der Waals surface area contributed by atoms with Crippen LogP contribution in [0.4, 0.5) is 10.5 Å². The molecule has 2 aromatic carbocycles. The van der Waals surface area contributed by atoms with Crippen LogP contribution in [-0.4, -0.2) is 24.3 Å². The summed E-state index contributed by atoms with van der Waals surface area (Å²) in [5.41, 5.74) is 1.63. The first-order valence-corrected chi connectivity index (χ1v) is 7.67. The second-order valence-corrected chi connectivity index (χ2v) is 5.35. The van der Waals surface area contributed by atoms with Gasteiger partial charge >= 0.3 is 6.09 Å². The largest absolute Gasteiger partial charge is 0.488 e. The summed E-state index contributed by atoms with van der Waals surface area (Å²) in [5, 5.41) is 0.325. The van der Waals surface area contributed by atoms with Gasteiger partial charge in [-0.1, -0.05) is 48.5 Å². The monoisotopic (exact) mass is 329 g/mol. The maximum absolute atomic E-state index is 12.6. The minimum atomic E-state index is -0.466. The highest BCUT2D eigenvalue weighted by Crippen LogP contribution is 2.19. The van der Waals surface area contributed by atoms with E-state index in [4.69, 9.17) is 21.7 Å². The summed E-state index contributed by atoms with van der Waals surface area (Å²) < 4.78 is 10.5. The molecule has 0 aromatic heterocycles. The van der Waals surface area contributed by atoms with Crippen LogP contribution in [0.5, 0.6) is 0 Å². The molecule has 0 radical (unpaired) electrons. The number of benzene rings is 2. The topological polar surface area (TPSA) is 38.8 Å². The molecular weight excluding hydrogens is 310 g/mol. The number of ether oxygens (including phenoxy) is 2. The molecule has 0 spiro atoms. The third-order valence-electron chi connectivity index (χ3n) is 3.37. The van der Waals surface area contributed by atoms with Crippen molar-refractivity contribution in [1.82, 2.24) is 0 Å². The lowest BCUT2D eigenvalue weighted by Crippen LogP contribution is -2.43. The van der Waals surface area contributed by atoms with Crippen molar-refractivity contribution in [1.29, 1.82) is 0 Å². The number of amides is 1. The fraction of sp³-hybridized carbons (Fsp3) is 0.222. The van der Waals surface area contributed by atoms with Crippen LogP contribution in [-0.2, 0) is 16.1 Å². The number of carbonyl (C=O) groups is 1. The van der Waals surface area contributed by atoms with Gasteiger partial charge in [0.25, 0.3) is 0 Å². The quantitative estimate of drug-likeness (QED) is 0.771. The second kappa shape index (κ2) is 8.29. The number of hydrogen-bond acceptors (Lipinski definition) is 4. The van der Waals surface area contributed by atoms with Crippen LogP contribution in [0.1, 0.15) is 12.5 Å². The molecule has 0 heterocycles. The zero-order valence-electron chi connectivity index (χ0n) is 13.1. The predicted octanol–water partition coefficient (Wildman–Crippen LogP) is 4.19. The Morgan fingerprint density at radius 3 is 2.22 bits per heavy atom. The summed E-state index contributed by atoms with van der Waals surface area (Å²) in [4.78, 5) is 14.1. The third-order valence-corrected chi connectivity index (χ3v) is 3.87. The van der Waals surface area contributed by atoms with E-state index in [0.717, 1.165) is 5.56 Å². The SMILES string of the molecule is COC(=S)[C@H](C)N(C(=O)OCc1ccccc1)c1ccccc1. The Bertz CT molecular complexity index is 646. The Balaban J connectivity index is 2.16. The van der Waals surface area contributed by atoms with E-state index in [-0.39, 0.29) is 6.61 Å². The number of thiocarbonyl (C=S) groups is 1. The van der Waals surface area contributed by atoms with Crippen molar-refractivity contribution in [2.24, 2.45) is 0 Å². The molecular formula is C18H19NO3S. The van der Waals surface area contributed by atoms with Crippen molar-refractivity contribution in [3.05, 3.63) is 66.2 Å². The number of carbonyl (C=O) groups excluding carboxylic acids is 1. The molecule has 5 heteroatoms. The van der Waals surface area contributed by atoms with Gasteiger partial charge in [-0.05, 0) is 36.8 Å². The van der Waals surface area contributed by atoms with Gasteiger partial charge in [0.1, 0.15) is 12.6 Å². The van der Waals surface area contributed by atoms with Gasteiger partial charge in [-0.25, -0.2) is 4.79 Å². The molecule has 0 aliphatic heterocycles. The van der Waals surface area contributed by atoms with Crippen molar-refractivity contribution in [2.45, 2.75) is 19.6 Å². The van der Waals surface area contributed by atoms with E-state index in [1.54, 1.807) is 0 Å². The molecule has 1 atom stereocenters. The van der Waals surface area contributed by atoms with Gasteiger partial charge in [0, 0.05) is 5.69 Å². The molecule has 23 heavy (non-hydrogen) atoms. The van der Waals surface area contributed by atoms with E-state index in [1.807, 2.05) is 67.6 Å². The average molecular weight is 329 g/mol. The van der Waals surface area contributed by atoms with Crippen LogP contribution in [0.15, 0.2) is 60.7 Å². The normalized spacial score (nSPS) is 11.4. The molecule has 0 aliphatic rings. The fourth-order valence-electron chi connectivity index (χ4n) is 2.14. The lowest BCUT2D eigenvalue weighted by Gasteiger charge is -2.28. The molecule has 1 amide bonds. The van der Waals surface area contributed by atoms with E-state index in [2.05, 4.69) is 0 Å². The highest BCUT2D eigenvalue weighted by molar-refractivity contribution is 7.80. The first-order valence-electron chi connectivity index (χ1n) is 7.26. The number of methoxy groups -OCH3 is 1. The van der Waals surface area contributed by atoms with E-state index in [0.29, 0.717) is 10.7 Å². The maximum Gasteiger partial charge on any atom is 0.415 e. The minimum Gasteiger partial charge on any atom is -0.488 e. The van der Waals surface area contributed by atoms with Crippen molar-refractivity contribution < 1.29 is 14.3 Å². The summed E-state index contributed by atoms with van der Waals surface area (Å²) in [5.74, 6) is 0. The zero-order valence-corrected chi connectivity index (χ0v) is 14.0. The average Bonchev–Trinajstić information content (AvgIpc) is 2.61. The van der Waals surface area contributed by atoms with Gasteiger partial charge in [-0.3, -0.25) is 4.90 Å². The lowest BCUT2D eigenvalue weighted by atomic mass is 10.2. The molecule has 0 bridgehead atoms. The minimum absolute atomic E-state index is 0.204. The summed E-state index contributed by atoms with van der Waals surface area (Å²) in [6.07, 6.45) is -0.466. The third kappa shape index (κ3) is 4.53. The zero-order chi connectivity index (χ0) is 16.7. The van der Waals surface area contributed by atoms with Crippen LogP contribution < -0.4 is 4.90 Å². The highest BCUT2D eigenvalue weighted by Gasteiger charge is 2.27. The molecule has 2 rings (SSSR count). The van der Waals surface area contributed by atoms with Gasteiger partial charge in [0.15, 0.2) is 5.05 Å². The Labute approximate surface area is 141 Å². The van der Waals surface area contributed by atoms with Crippen LogP contribution >= 0.6 is 12.2 Å². The lowest BCUT2D eigenvalue weighted by molar-refractivity contribution is 0.146. The van der Waals surface area contributed by atoms with Crippen LogP contribution in [0.3, 0.4) is 0 Å². The van der Waals surface area contributed by atoms with Crippen LogP contribution in [0.2, 0.25) is 0 Å². The van der Waals surface area contributed by atoms with Gasteiger partial charge < -0.3 is 9.47 Å². The molecule has 0 unspecified atom stereocenters. The van der Waals surface area contributed by atoms with E-state index < -0.39 is 12.1 Å². The predicted molar refractivity (Wildman–Crippen MR) is 94.6 cm³/mol. The number of anilines is 1. The van der Waals surface area contributed by atoms with Crippen molar-refractivity contribution in [3.63, 3.8) is 0 Å². The first kappa shape index (κ1) is 17.0. The van der Waals surface area contributed by atoms with Crippen molar-refractivity contribution in [3.8, 4) is 0 Å². The fourth-order valence-corrected chi connectivity index (χ4v) is 2.25. The standard InChI is InChI=1S/C18H19NO3S/c1-14(17(23)21-2)19(16-11-7-4-8-12-16)18(20)22-13-15-9-5-3-6-10-15/h3-12,14H,13H2,1-2H3/t14-/m0/s1. The van der Waals surface area contributed by atoms with Crippen molar-refractivity contribution >= 4 is 29.0 Å².